The number of amides is 1. The first kappa shape index (κ1) is 19.2. The Morgan fingerprint density at radius 1 is 1.28 bits per heavy atom. The number of carbonyl (C=O) groups excluding carboxylic acids is 1. The smallest absolute Gasteiger partial charge is 0.433 e. The number of alkyl halides is 3. The molecule has 140 valence electrons. The molecule has 0 spiro atoms. The number of carboxylic acids is 1. The van der Waals surface area contributed by atoms with Gasteiger partial charge >= 0.3 is 12.1 Å². The van der Waals surface area contributed by atoms with Gasteiger partial charge in [0.15, 0.2) is 11.8 Å². The maximum Gasteiger partial charge on any atom is 0.433 e. The molecule has 1 unspecified atom stereocenters. The van der Waals surface area contributed by atoms with E-state index in [1.54, 1.807) is 27.7 Å². The standard InChI is InChI=1S/C15H20F3N3O4/c1-8-6-20(7-10(25-8)13(23)24)12(22)9-5-19-21(14(2,3)4)11(9)15(16,17)18/h5,8,10H,6-7H2,1-4H3,(H,23,24)/t8-,10?/m1/s1. The van der Waals surface area contributed by atoms with Crippen LogP contribution in [0.15, 0.2) is 6.20 Å². The van der Waals surface area contributed by atoms with Crippen molar-refractivity contribution in [3.8, 4) is 0 Å². The molecular formula is C15H20F3N3O4. The number of halogens is 3. The van der Waals surface area contributed by atoms with E-state index in [1.165, 1.54) is 0 Å². The SMILES string of the molecule is C[C@@H]1CN(C(=O)c2cnn(C(C)(C)C)c2C(F)(F)F)CC(C(=O)O)O1. The third-order valence-electron chi connectivity index (χ3n) is 3.73. The summed E-state index contributed by atoms with van der Waals surface area (Å²) in [6.07, 6.45) is -5.78. The van der Waals surface area contributed by atoms with E-state index in [-0.39, 0.29) is 13.1 Å². The van der Waals surface area contributed by atoms with E-state index in [1.807, 2.05) is 0 Å². The van der Waals surface area contributed by atoms with E-state index in [4.69, 9.17) is 9.84 Å². The molecule has 2 atom stereocenters. The minimum Gasteiger partial charge on any atom is -0.479 e. The summed E-state index contributed by atoms with van der Waals surface area (Å²) < 4.78 is 46.5. The Kier molecular flexibility index (Phi) is 4.86. The summed E-state index contributed by atoms with van der Waals surface area (Å²) >= 11 is 0. The zero-order valence-corrected chi connectivity index (χ0v) is 14.3. The molecule has 2 rings (SSSR count). The Morgan fingerprint density at radius 3 is 2.36 bits per heavy atom. The van der Waals surface area contributed by atoms with Gasteiger partial charge in [0.2, 0.25) is 0 Å². The molecule has 1 fully saturated rings. The summed E-state index contributed by atoms with van der Waals surface area (Å²) in [5.74, 6) is -2.19. The van der Waals surface area contributed by atoms with Crippen LogP contribution in [0.1, 0.15) is 43.7 Å². The largest absolute Gasteiger partial charge is 0.479 e. The molecular weight excluding hydrogens is 343 g/mol. The third kappa shape index (κ3) is 3.94. The van der Waals surface area contributed by atoms with E-state index in [0.717, 1.165) is 15.8 Å². The molecule has 1 aliphatic heterocycles. The molecule has 0 saturated carbocycles. The second-order valence-corrected chi connectivity index (χ2v) is 6.97. The quantitative estimate of drug-likeness (QED) is 0.868. The van der Waals surface area contributed by atoms with Gasteiger partial charge in [-0.3, -0.25) is 9.48 Å². The van der Waals surface area contributed by atoms with Gasteiger partial charge in [-0.25, -0.2) is 4.79 Å². The fourth-order valence-electron chi connectivity index (χ4n) is 2.71. The Morgan fingerprint density at radius 2 is 1.88 bits per heavy atom. The molecule has 25 heavy (non-hydrogen) atoms. The van der Waals surface area contributed by atoms with Gasteiger partial charge < -0.3 is 14.7 Å². The predicted molar refractivity (Wildman–Crippen MR) is 80.1 cm³/mol. The number of nitrogens with zero attached hydrogens (tertiary/aromatic N) is 3. The molecule has 0 aliphatic carbocycles. The maximum atomic E-state index is 13.5. The van der Waals surface area contributed by atoms with Crippen LogP contribution in [0.4, 0.5) is 13.2 Å². The fourth-order valence-corrected chi connectivity index (χ4v) is 2.71. The highest BCUT2D eigenvalue weighted by Crippen LogP contribution is 2.35. The van der Waals surface area contributed by atoms with Crippen molar-refractivity contribution in [1.29, 1.82) is 0 Å². The number of carbonyl (C=O) groups is 2. The van der Waals surface area contributed by atoms with Crippen LogP contribution in [0.3, 0.4) is 0 Å². The first-order valence-corrected chi connectivity index (χ1v) is 7.65. The van der Waals surface area contributed by atoms with Crippen LogP contribution in [-0.4, -0.2) is 57.0 Å². The summed E-state index contributed by atoms with van der Waals surface area (Å²) in [6, 6.07) is 0. The summed E-state index contributed by atoms with van der Waals surface area (Å²) in [6.45, 7) is 5.86. The van der Waals surface area contributed by atoms with Crippen molar-refractivity contribution in [2.24, 2.45) is 0 Å². The molecule has 1 aromatic rings. The second-order valence-electron chi connectivity index (χ2n) is 6.97. The minimum absolute atomic E-state index is 0.000604. The Labute approximate surface area is 142 Å². The molecule has 1 amide bonds. The Bertz CT molecular complexity index is 679. The van der Waals surface area contributed by atoms with Gasteiger partial charge in [-0.1, -0.05) is 0 Å². The zero-order valence-electron chi connectivity index (χ0n) is 14.3. The molecule has 0 aromatic carbocycles. The van der Waals surface area contributed by atoms with Gasteiger partial charge in [0.1, 0.15) is 0 Å². The van der Waals surface area contributed by atoms with Crippen LogP contribution < -0.4 is 0 Å². The zero-order chi connectivity index (χ0) is 19.2. The molecule has 7 nitrogen and oxygen atoms in total. The number of aliphatic carboxylic acids is 1. The van der Waals surface area contributed by atoms with E-state index in [9.17, 15) is 22.8 Å². The van der Waals surface area contributed by atoms with E-state index >= 15 is 0 Å². The molecule has 2 heterocycles. The van der Waals surface area contributed by atoms with Gasteiger partial charge in [0, 0.05) is 6.54 Å². The van der Waals surface area contributed by atoms with E-state index < -0.39 is 47.1 Å². The highest BCUT2D eigenvalue weighted by molar-refractivity contribution is 5.95. The van der Waals surface area contributed by atoms with E-state index in [0.29, 0.717) is 0 Å². The average Bonchev–Trinajstić information content (AvgIpc) is 2.90. The Hall–Kier alpha value is -2.10. The molecule has 10 heteroatoms. The molecule has 0 radical (unpaired) electrons. The number of hydrogen-bond acceptors (Lipinski definition) is 4. The van der Waals surface area contributed by atoms with Crippen molar-refractivity contribution < 1.29 is 32.6 Å². The van der Waals surface area contributed by atoms with E-state index in [2.05, 4.69) is 5.10 Å². The van der Waals surface area contributed by atoms with Crippen molar-refractivity contribution in [3.63, 3.8) is 0 Å². The fraction of sp³-hybridized carbons (Fsp3) is 0.667. The molecule has 1 saturated heterocycles. The van der Waals surface area contributed by atoms with Gasteiger partial charge in [-0.15, -0.1) is 0 Å². The third-order valence-corrected chi connectivity index (χ3v) is 3.73. The normalized spacial score (nSPS) is 22.1. The van der Waals surface area contributed by atoms with Crippen LogP contribution in [0, 0.1) is 0 Å². The van der Waals surface area contributed by atoms with Crippen molar-refractivity contribution in [2.45, 2.75) is 51.6 Å². The number of hydrogen-bond donors (Lipinski definition) is 1. The molecule has 1 N–H and O–H groups in total. The summed E-state index contributed by atoms with van der Waals surface area (Å²) in [7, 11) is 0. The number of morpholine rings is 1. The van der Waals surface area contributed by atoms with Crippen molar-refractivity contribution in [2.75, 3.05) is 13.1 Å². The topological polar surface area (TPSA) is 84.7 Å². The highest BCUT2D eigenvalue weighted by atomic mass is 19.4. The number of carboxylic acid groups (broad SMARTS) is 1. The first-order valence-electron chi connectivity index (χ1n) is 7.65. The average molecular weight is 363 g/mol. The highest BCUT2D eigenvalue weighted by Gasteiger charge is 2.44. The van der Waals surface area contributed by atoms with Crippen molar-refractivity contribution in [1.82, 2.24) is 14.7 Å². The monoisotopic (exact) mass is 363 g/mol. The molecule has 0 bridgehead atoms. The lowest BCUT2D eigenvalue weighted by Gasteiger charge is -2.35. The van der Waals surface area contributed by atoms with Gasteiger partial charge in [-0.05, 0) is 27.7 Å². The second kappa shape index (κ2) is 6.32. The maximum absolute atomic E-state index is 13.5. The van der Waals surface area contributed by atoms with Crippen LogP contribution in [0.25, 0.3) is 0 Å². The molecule has 1 aliphatic rings. The number of ether oxygens (including phenoxy) is 1. The first-order chi connectivity index (χ1) is 11.3. The summed E-state index contributed by atoms with van der Waals surface area (Å²) in [4.78, 5) is 24.8. The summed E-state index contributed by atoms with van der Waals surface area (Å²) in [5, 5.41) is 12.8. The van der Waals surface area contributed by atoms with Gasteiger partial charge in [0.25, 0.3) is 5.91 Å². The lowest BCUT2D eigenvalue weighted by Crippen LogP contribution is -2.52. The van der Waals surface area contributed by atoms with Gasteiger partial charge in [-0.2, -0.15) is 18.3 Å². The predicted octanol–water partition coefficient (Wildman–Crippen LogP) is 1.97. The van der Waals surface area contributed by atoms with Gasteiger partial charge in [0.05, 0.1) is 29.9 Å². The number of rotatable bonds is 2. The van der Waals surface area contributed by atoms with Crippen molar-refractivity contribution >= 4 is 11.9 Å². The Balaban J connectivity index is 2.43. The minimum atomic E-state index is -4.78. The number of aromatic nitrogens is 2. The summed E-state index contributed by atoms with van der Waals surface area (Å²) in [5.41, 5.74) is -2.72. The van der Waals surface area contributed by atoms with Crippen molar-refractivity contribution in [3.05, 3.63) is 17.5 Å². The van der Waals surface area contributed by atoms with Crippen LogP contribution >= 0.6 is 0 Å². The lowest BCUT2D eigenvalue weighted by atomic mass is 10.1. The molecule has 1 aromatic heterocycles. The van der Waals surface area contributed by atoms with Crippen LogP contribution in [0.5, 0.6) is 0 Å². The lowest BCUT2D eigenvalue weighted by molar-refractivity contribution is -0.160. The van der Waals surface area contributed by atoms with Crippen LogP contribution in [0.2, 0.25) is 0 Å². The van der Waals surface area contributed by atoms with Crippen LogP contribution in [-0.2, 0) is 21.2 Å².